The van der Waals surface area contributed by atoms with Gasteiger partial charge < -0.3 is 10.0 Å². The van der Waals surface area contributed by atoms with Gasteiger partial charge in [0.2, 0.25) is 15.9 Å². The summed E-state index contributed by atoms with van der Waals surface area (Å²) in [5.74, 6) is -2.32. The van der Waals surface area contributed by atoms with E-state index in [4.69, 9.17) is 0 Å². The van der Waals surface area contributed by atoms with E-state index in [0.29, 0.717) is 0 Å². The van der Waals surface area contributed by atoms with Crippen molar-refractivity contribution >= 4 is 21.9 Å². The molecule has 2 unspecified atom stereocenters. The highest BCUT2D eigenvalue weighted by molar-refractivity contribution is 7.88. The highest BCUT2D eigenvalue weighted by Crippen LogP contribution is 2.32. The second-order valence-corrected chi connectivity index (χ2v) is 7.87. The van der Waals surface area contributed by atoms with Gasteiger partial charge >= 0.3 is 5.97 Å². The van der Waals surface area contributed by atoms with Gasteiger partial charge in [-0.1, -0.05) is 30.3 Å². The van der Waals surface area contributed by atoms with Gasteiger partial charge in [0, 0.05) is 26.1 Å². The van der Waals surface area contributed by atoms with E-state index in [2.05, 4.69) is 0 Å². The Balaban J connectivity index is 2.14. The molecule has 1 amide bonds. The lowest BCUT2D eigenvalue weighted by Gasteiger charge is -2.20. The van der Waals surface area contributed by atoms with Crippen molar-refractivity contribution in [1.82, 2.24) is 9.21 Å². The molecular weight excluding hydrogens is 320 g/mol. The topological polar surface area (TPSA) is 95.0 Å². The van der Waals surface area contributed by atoms with Crippen molar-refractivity contribution in [2.75, 3.05) is 32.9 Å². The van der Waals surface area contributed by atoms with Gasteiger partial charge in [0.1, 0.15) is 0 Å². The Labute approximate surface area is 135 Å². The predicted octanol–water partition coefficient (Wildman–Crippen LogP) is 0.205. The van der Waals surface area contributed by atoms with E-state index in [1.807, 2.05) is 30.3 Å². The van der Waals surface area contributed by atoms with Gasteiger partial charge in [-0.15, -0.1) is 0 Å². The molecule has 1 aliphatic heterocycles. The fourth-order valence-corrected chi connectivity index (χ4v) is 3.05. The second-order valence-electron chi connectivity index (χ2n) is 5.78. The Morgan fingerprint density at radius 3 is 2.39 bits per heavy atom. The number of sulfonamides is 1. The van der Waals surface area contributed by atoms with Gasteiger partial charge in [0.05, 0.1) is 18.7 Å². The molecule has 2 rings (SSSR count). The number of carboxylic acids is 1. The molecule has 126 valence electrons. The lowest BCUT2D eigenvalue weighted by atomic mass is 9.89. The minimum Gasteiger partial charge on any atom is -0.481 e. The SMILES string of the molecule is CN(CC(=O)N1CC(C(=O)O)C(c2ccccc2)C1)S(C)(=O)=O. The molecule has 23 heavy (non-hydrogen) atoms. The average Bonchev–Trinajstić information content (AvgIpc) is 2.92. The summed E-state index contributed by atoms with van der Waals surface area (Å²) in [6.45, 7) is 0.0788. The highest BCUT2D eigenvalue weighted by atomic mass is 32.2. The third kappa shape index (κ3) is 4.08. The fourth-order valence-electron chi connectivity index (χ4n) is 2.70. The first-order valence-corrected chi connectivity index (χ1v) is 9.02. The summed E-state index contributed by atoms with van der Waals surface area (Å²) in [5, 5.41) is 9.41. The summed E-state index contributed by atoms with van der Waals surface area (Å²) in [7, 11) is -2.13. The van der Waals surface area contributed by atoms with Crippen LogP contribution in [0.25, 0.3) is 0 Å². The van der Waals surface area contributed by atoms with Crippen molar-refractivity contribution in [2.45, 2.75) is 5.92 Å². The van der Waals surface area contributed by atoms with Crippen LogP contribution in [-0.2, 0) is 19.6 Å². The van der Waals surface area contributed by atoms with Crippen molar-refractivity contribution in [3.63, 3.8) is 0 Å². The Kier molecular flexibility index (Phi) is 5.06. The van der Waals surface area contributed by atoms with Crippen LogP contribution in [0.1, 0.15) is 11.5 Å². The summed E-state index contributed by atoms with van der Waals surface area (Å²) in [6, 6.07) is 9.19. The molecule has 1 N–H and O–H groups in total. The first kappa shape index (κ1) is 17.4. The molecule has 8 heteroatoms. The molecule has 2 atom stereocenters. The lowest BCUT2D eigenvalue weighted by molar-refractivity contribution is -0.141. The number of benzene rings is 1. The molecule has 7 nitrogen and oxygen atoms in total. The third-order valence-electron chi connectivity index (χ3n) is 4.14. The molecule has 1 fully saturated rings. The minimum absolute atomic E-state index is 0.0886. The van der Waals surface area contributed by atoms with Crippen molar-refractivity contribution in [1.29, 1.82) is 0 Å². The monoisotopic (exact) mass is 340 g/mol. The van der Waals surface area contributed by atoms with Crippen LogP contribution in [0.2, 0.25) is 0 Å². The van der Waals surface area contributed by atoms with Crippen molar-refractivity contribution in [2.24, 2.45) is 5.92 Å². The Bertz CT molecular complexity index is 689. The summed E-state index contributed by atoms with van der Waals surface area (Å²) < 4.78 is 23.8. The maximum absolute atomic E-state index is 12.3. The first-order valence-electron chi connectivity index (χ1n) is 7.17. The van der Waals surface area contributed by atoms with E-state index in [0.717, 1.165) is 16.1 Å². The van der Waals surface area contributed by atoms with Gasteiger partial charge in [-0.05, 0) is 5.56 Å². The average molecular weight is 340 g/mol. The number of carbonyl (C=O) groups excluding carboxylic acids is 1. The molecule has 1 heterocycles. The fraction of sp³-hybridized carbons (Fsp3) is 0.467. The molecule has 0 radical (unpaired) electrons. The van der Waals surface area contributed by atoms with Crippen molar-refractivity contribution in [3.8, 4) is 0 Å². The largest absolute Gasteiger partial charge is 0.481 e. The van der Waals surface area contributed by atoms with Crippen LogP contribution < -0.4 is 0 Å². The molecule has 1 saturated heterocycles. The molecule has 0 bridgehead atoms. The number of nitrogens with zero attached hydrogens (tertiary/aromatic N) is 2. The van der Waals surface area contributed by atoms with E-state index in [1.165, 1.54) is 11.9 Å². The van der Waals surface area contributed by atoms with Crippen LogP contribution in [-0.4, -0.2) is 67.5 Å². The minimum atomic E-state index is -3.45. The number of amides is 1. The quantitative estimate of drug-likeness (QED) is 0.826. The van der Waals surface area contributed by atoms with Crippen LogP contribution >= 0.6 is 0 Å². The maximum Gasteiger partial charge on any atom is 0.308 e. The molecule has 1 aromatic rings. The zero-order valence-corrected chi connectivity index (χ0v) is 13.9. The molecule has 1 aliphatic rings. The summed E-state index contributed by atoms with van der Waals surface area (Å²) >= 11 is 0. The standard InChI is InChI=1S/C15H20N2O5S/c1-16(23(2,21)22)10-14(18)17-8-12(13(9-17)15(19)20)11-6-4-3-5-7-11/h3-7,12-13H,8-10H2,1-2H3,(H,19,20). The molecular formula is C15H20N2O5S. The van der Waals surface area contributed by atoms with Gasteiger partial charge in [0.15, 0.2) is 0 Å². The van der Waals surface area contributed by atoms with Crippen LogP contribution in [0.15, 0.2) is 30.3 Å². The number of likely N-dealkylation sites (N-methyl/N-ethyl adjacent to an activating group) is 1. The number of carbonyl (C=O) groups is 2. The van der Waals surface area contributed by atoms with Crippen LogP contribution in [0, 0.1) is 5.92 Å². The van der Waals surface area contributed by atoms with E-state index >= 15 is 0 Å². The summed E-state index contributed by atoms with van der Waals surface area (Å²) in [6.07, 6.45) is 1.02. The number of rotatable bonds is 5. The predicted molar refractivity (Wildman–Crippen MR) is 84.4 cm³/mol. The van der Waals surface area contributed by atoms with E-state index in [9.17, 15) is 23.1 Å². The number of likely N-dealkylation sites (tertiary alicyclic amines) is 1. The van der Waals surface area contributed by atoms with Gasteiger partial charge in [-0.3, -0.25) is 9.59 Å². The summed E-state index contributed by atoms with van der Waals surface area (Å²) in [4.78, 5) is 25.2. The number of hydrogen-bond donors (Lipinski definition) is 1. The normalized spacial score (nSPS) is 21.6. The Morgan fingerprint density at radius 1 is 1.26 bits per heavy atom. The second kappa shape index (κ2) is 6.67. The first-order chi connectivity index (χ1) is 10.7. The third-order valence-corrected chi connectivity index (χ3v) is 5.40. The zero-order valence-electron chi connectivity index (χ0n) is 13.0. The summed E-state index contributed by atoms with van der Waals surface area (Å²) in [5.41, 5.74) is 0.867. The Morgan fingerprint density at radius 2 is 1.87 bits per heavy atom. The Hall–Kier alpha value is -1.93. The molecule has 0 aliphatic carbocycles. The van der Waals surface area contributed by atoms with Crippen molar-refractivity contribution < 1.29 is 23.1 Å². The van der Waals surface area contributed by atoms with Crippen molar-refractivity contribution in [3.05, 3.63) is 35.9 Å². The molecule has 1 aromatic carbocycles. The maximum atomic E-state index is 12.3. The van der Waals surface area contributed by atoms with Crippen LogP contribution in [0.3, 0.4) is 0 Å². The molecule has 0 spiro atoms. The van der Waals surface area contributed by atoms with Crippen LogP contribution in [0.4, 0.5) is 0 Å². The van der Waals surface area contributed by atoms with E-state index in [1.54, 1.807) is 0 Å². The smallest absolute Gasteiger partial charge is 0.308 e. The molecule has 0 saturated carbocycles. The van der Waals surface area contributed by atoms with Crippen LogP contribution in [0.5, 0.6) is 0 Å². The number of carboxylic acid groups (broad SMARTS) is 1. The zero-order chi connectivity index (χ0) is 17.2. The highest BCUT2D eigenvalue weighted by Gasteiger charge is 2.40. The number of aliphatic carboxylic acids is 1. The van der Waals surface area contributed by atoms with E-state index < -0.39 is 21.9 Å². The van der Waals surface area contributed by atoms with E-state index in [-0.39, 0.29) is 31.5 Å². The molecule has 0 aromatic heterocycles. The number of hydrogen-bond acceptors (Lipinski definition) is 4. The lowest BCUT2D eigenvalue weighted by Crippen LogP contribution is -2.40. The van der Waals surface area contributed by atoms with Gasteiger partial charge in [0.25, 0.3) is 0 Å². The van der Waals surface area contributed by atoms with Gasteiger partial charge in [-0.2, -0.15) is 4.31 Å². The van der Waals surface area contributed by atoms with Gasteiger partial charge in [-0.25, -0.2) is 8.42 Å².